The van der Waals surface area contributed by atoms with Crippen molar-refractivity contribution >= 4 is 18.0 Å². The highest BCUT2D eigenvalue weighted by Gasteiger charge is 2.03. The van der Waals surface area contributed by atoms with Gasteiger partial charge < -0.3 is 5.21 Å². The minimum absolute atomic E-state index is 0.806. The summed E-state index contributed by atoms with van der Waals surface area (Å²) in [7, 11) is 0. The second-order valence-corrected chi connectivity index (χ2v) is 4.62. The first-order valence-electron chi connectivity index (χ1n) is 5.16. The van der Waals surface area contributed by atoms with Crippen LogP contribution < -0.4 is 0 Å². The Hall–Kier alpha value is -1.81. The van der Waals surface area contributed by atoms with E-state index in [1.54, 1.807) is 18.0 Å². The molecule has 0 amide bonds. The maximum Gasteiger partial charge on any atom is 0.110 e. The van der Waals surface area contributed by atoms with Gasteiger partial charge in [0, 0.05) is 16.7 Å². The molecule has 0 aliphatic rings. The highest BCUT2D eigenvalue weighted by molar-refractivity contribution is 7.99. The molecule has 1 aromatic heterocycles. The minimum atomic E-state index is 0.806. The second kappa shape index (κ2) is 5.50. The van der Waals surface area contributed by atoms with Crippen LogP contribution in [0.15, 0.2) is 57.7 Å². The first kappa shape index (κ1) is 11.7. The normalized spacial score (nSPS) is 10.9. The van der Waals surface area contributed by atoms with E-state index in [0.717, 1.165) is 15.5 Å². The van der Waals surface area contributed by atoms with Crippen LogP contribution in [0, 0.1) is 6.92 Å². The molecule has 0 fully saturated rings. The molecule has 3 nitrogen and oxygen atoms in total. The summed E-state index contributed by atoms with van der Waals surface area (Å²) in [6, 6.07) is 11.9. The molecule has 0 aliphatic carbocycles. The molecule has 0 unspecified atom stereocenters. The van der Waals surface area contributed by atoms with E-state index in [-0.39, 0.29) is 0 Å². The Kier molecular flexibility index (Phi) is 3.77. The zero-order valence-corrected chi connectivity index (χ0v) is 10.2. The average molecular weight is 244 g/mol. The first-order chi connectivity index (χ1) is 8.29. The highest BCUT2D eigenvalue weighted by atomic mass is 32.2. The van der Waals surface area contributed by atoms with Gasteiger partial charge in [0.25, 0.3) is 0 Å². The van der Waals surface area contributed by atoms with Gasteiger partial charge in [0.05, 0.1) is 6.21 Å². The maximum atomic E-state index is 8.58. The van der Waals surface area contributed by atoms with Crippen LogP contribution in [0.4, 0.5) is 0 Å². The van der Waals surface area contributed by atoms with E-state index in [4.69, 9.17) is 5.21 Å². The number of hydrogen-bond acceptors (Lipinski definition) is 4. The summed E-state index contributed by atoms with van der Waals surface area (Å²) < 4.78 is 0. The molecule has 0 saturated heterocycles. The number of benzene rings is 1. The van der Waals surface area contributed by atoms with Gasteiger partial charge in [-0.1, -0.05) is 34.6 Å². The zero-order chi connectivity index (χ0) is 12.1. The van der Waals surface area contributed by atoms with Gasteiger partial charge in [-0.05, 0) is 31.2 Å². The molecule has 1 aromatic carbocycles. The SMILES string of the molecule is Cc1ccc(Sc2ncccc2C=NO)cc1. The largest absolute Gasteiger partial charge is 0.411 e. The van der Waals surface area contributed by atoms with E-state index in [1.165, 1.54) is 11.8 Å². The monoisotopic (exact) mass is 244 g/mol. The van der Waals surface area contributed by atoms with Crippen molar-refractivity contribution in [2.24, 2.45) is 5.16 Å². The van der Waals surface area contributed by atoms with E-state index >= 15 is 0 Å². The van der Waals surface area contributed by atoms with Gasteiger partial charge in [-0.15, -0.1) is 0 Å². The molecular weight excluding hydrogens is 232 g/mol. The average Bonchev–Trinajstić information content (AvgIpc) is 2.35. The summed E-state index contributed by atoms with van der Waals surface area (Å²) in [6.45, 7) is 2.05. The predicted octanol–water partition coefficient (Wildman–Crippen LogP) is 3.35. The van der Waals surface area contributed by atoms with Crippen LogP contribution in [0.2, 0.25) is 0 Å². The van der Waals surface area contributed by atoms with Crippen molar-refractivity contribution in [2.75, 3.05) is 0 Å². The number of pyridine rings is 1. The molecular formula is C13H12N2OS. The number of hydrogen-bond donors (Lipinski definition) is 1. The number of rotatable bonds is 3. The molecule has 0 saturated carbocycles. The minimum Gasteiger partial charge on any atom is -0.411 e. The lowest BCUT2D eigenvalue weighted by atomic mass is 10.2. The third kappa shape index (κ3) is 3.07. The Morgan fingerprint density at radius 3 is 2.71 bits per heavy atom. The number of nitrogens with zero attached hydrogens (tertiary/aromatic N) is 2. The van der Waals surface area contributed by atoms with Crippen LogP contribution >= 0.6 is 11.8 Å². The Morgan fingerprint density at radius 2 is 2.00 bits per heavy atom. The topological polar surface area (TPSA) is 45.5 Å². The molecule has 0 spiro atoms. The Balaban J connectivity index is 2.26. The number of aromatic nitrogens is 1. The fourth-order valence-electron chi connectivity index (χ4n) is 1.37. The first-order valence-corrected chi connectivity index (χ1v) is 5.98. The van der Waals surface area contributed by atoms with Crippen LogP contribution in [-0.4, -0.2) is 16.4 Å². The molecule has 2 aromatic rings. The van der Waals surface area contributed by atoms with E-state index in [9.17, 15) is 0 Å². The summed E-state index contributed by atoms with van der Waals surface area (Å²) in [5.74, 6) is 0. The van der Waals surface area contributed by atoms with Gasteiger partial charge >= 0.3 is 0 Å². The fourth-order valence-corrected chi connectivity index (χ4v) is 2.21. The van der Waals surface area contributed by atoms with E-state index in [1.807, 2.05) is 12.1 Å². The standard InChI is InChI=1S/C13H12N2OS/c1-10-4-6-12(7-5-10)17-13-11(9-15-16)3-2-8-14-13/h2-9,16H,1H3. The maximum absolute atomic E-state index is 8.58. The van der Waals surface area contributed by atoms with Gasteiger partial charge in [-0.25, -0.2) is 4.98 Å². The third-order valence-electron chi connectivity index (χ3n) is 2.23. The molecule has 1 N–H and O–H groups in total. The molecule has 86 valence electrons. The Bertz CT molecular complexity index is 523. The van der Waals surface area contributed by atoms with E-state index in [2.05, 4.69) is 41.3 Å². The molecule has 0 radical (unpaired) electrons. The van der Waals surface area contributed by atoms with Crippen LogP contribution in [0.3, 0.4) is 0 Å². The Morgan fingerprint density at radius 1 is 1.24 bits per heavy atom. The lowest BCUT2D eigenvalue weighted by Crippen LogP contribution is -1.89. The van der Waals surface area contributed by atoms with E-state index < -0.39 is 0 Å². The summed E-state index contributed by atoms with van der Waals surface area (Å²) in [4.78, 5) is 5.39. The van der Waals surface area contributed by atoms with Crippen molar-refractivity contribution < 1.29 is 5.21 Å². The molecule has 17 heavy (non-hydrogen) atoms. The molecule has 2 rings (SSSR count). The zero-order valence-electron chi connectivity index (χ0n) is 9.37. The lowest BCUT2D eigenvalue weighted by Gasteiger charge is -2.03. The molecule has 0 atom stereocenters. The molecule has 0 aliphatic heterocycles. The van der Waals surface area contributed by atoms with Crippen molar-refractivity contribution in [3.05, 3.63) is 53.7 Å². The van der Waals surface area contributed by atoms with Gasteiger partial charge in [-0.2, -0.15) is 0 Å². The van der Waals surface area contributed by atoms with Gasteiger partial charge in [-0.3, -0.25) is 0 Å². The van der Waals surface area contributed by atoms with E-state index in [0.29, 0.717) is 0 Å². The van der Waals surface area contributed by atoms with Crippen LogP contribution in [0.25, 0.3) is 0 Å². The predicted molar refractivity (Wildman–Crippen MR) is 68.9 cm³/mol. The summed E-state index contributed by atoms with van der Waals surface area (Å²) in [5, 5.41) is 12.5. The summed E-state index contributed by atoms with van der Waals surface area (Å²) in [6.07, 6.45) is 3.12. The Labute approximate surface area is 104 Å². The molecule has 4 heteroatoms. The highest BCUT2D eigenvalue weighted by Crippen LogP contribution is 2.27. The molecule has 0 bridgehead atoms. The van der Waals surface area contributed by atoms with Crippen LogP contribution in [-0.2, 0) is 0 Å². The molecule has 1 heterocycles. The quantitative estimate of drug-likeness (QED) is 0.511. The number of oxime groups is 1. The lowest BCUT2D eigenvalue weighted by molar-refractivity contribution is 0.321. The third-order valence-corrected chi connectivity index (χ3v) is 3.28. The summed E-state index contributed by atoms with van der Waals surface area (Å²) >= 11 is 1.55. The van der Waals surface area contributed by atoms with Crippen LogP contribution in [0.1, 0.15) is 11.1 Å². The summed E-state index contributed by atoms with van der Waals surface area (Å²) in [5.41, 5.74) is 2.04. The van der Waals surface area contributed by atoms with Crippen molar-refractivity contribution in [2.45, 2.75) is 16.8 Å². The van der Waals surface area contributed by atoms with Crippen molar-refractivity contribution in [1.82, 2.24) is 4.98 Å². The van der Waals surface area contributed by atoms with Gasteiger partial charge in [0.2, 0.25) is 0 Å². The second-order valence-electron chi connectivity index (χ2n) is 3.56. The van der Waals surface area contributed by atoms with Gasteiger partial charge in [0.1, 0.15) is 5.03 Å². The van der Waals surface area contributed by atoms with Crippen molar-refractivity contribution in [3.8, 4) is 0 Å². The van der Waals surface area contributed by atoms with Gasteiger partial charge in [0.15, 0.2) is 0 Å². The number of aryl methyl sites for hydroxylation is 1. The smallest absolute Gasteiger partial charge is 0.110 e. The van der Waals surface area contributed by atoms with Crippen molar-refractivity contribution in [1.29, 1.82) is 0 Å². The van der Waals surface area contributed by atoms with Crippen LogP contribution in [0.5, 0.6) is 0 Å². The van der Waals surface area contributed by atoms with Crippen molar-refractivity contribution in [3.63, 3.8) is 0 Å². The fraction of sp³-hybridized carbons (Fsp3) is 0.0769.